The van der Waals surface area contributed by atoms with Gasteiger partial charge in [0.05, 0.1) is 0 Å². The predicted octanol–water partition coefficient (Wildman–Crippen LogP) is 1.30. The molecule has 2 atom stereocenters. The van der Waals surface area contributed by atoms with Gasteiger partial charge in [-0.25, -0.2) is 0 Å². The molecule has 98 valence electrons. The molecular weight excluding hydrogens is 210 g/mol. The van der Waals surface area contributed by atoms with Crippen LogP contribution in [-0.2, 0) is 0 Å². The Morgan fingerprint density at radius 3 is 2.18 bits per heavy atom. The number of hydrogen-bond donors (Lipinski definition) is 1. The molecule has 0 aromatic heterocycles. The van der Waals surface area contributed by atoms with Gasteiger partial charge in [-0.1, -0.05) is 0 Å². The topological polar surface area (TPSA) is 18.5 Å². The Morgan fingerprint density at radius 2 is 1.35 bits per heavy atom. The van der Waals surface area contributed by atoms with Crippen LogP contribution in [0.1, 0.15) is 38.5 Å². The van der Waals surface area contributed by atoms with Crippen molar-refractivity contribution >= 4 is 0 Å². The van der Waals surface area contributed by atoms with Crippen molar-refractivity contribution in [3.05, 3.63) is 0 Å². The molecular formula is C14H27N3. The molecule has 3 heterocycles. The Bertz CT molecular complexity index is 236. The Hall–Kier alpha value is -0.120. The molecule has 3 fully saturated rings. The van der Waals surface area contributed by atoms with Crippen molar-refractivity contribution in [1.82, 2.24) is 15.1 Å². The van der Waals surface area contributed by atoms with Gasteiger partial charge in [-0.05, 0) is 77.8 Å². The van der Waals surface area contributed by atoms with E-state index in [1.54, 1.807) is 0 Å². The summed E-state index contributed by atoms with van der Waals surface area (Å²) in [6.45, 7) is 7.83. The van der Waals surface area contributed by atoms with Crippen molar-refractivity contribution in [1.29, 1.82) is 0 Å². The van der Waals surface area contributed by atoms with Crippen LogP contribution in [0.25, 0.3) is 0 Å². The molecule has 3 saturated heterocycles. The fourth-order valence-electron chi connectivity index (χ4n) is 3.95. The third kappa shape index (κ3) is 2.83. The van der Waals surface area contributed by atoms with Gasteiger partial charge < -0.3 is 15.1 Å². The van der Waals surface area contributed by atoms with Gasteiger partial charge in [0.1, 0.15) is 0 Å². The smallest absolute Gasteiger partial charge is 0.0122 e. The Labute approximate surface area is 106 Å². The highest BCUT2D eigenvalue weighted by molar-refractivity contribution is 4.90. The number of fused-ring (bicyclic) bond motifs is 1. The second kappa shape index (κ2) is 5.68. The van der Waals surface area contributed by atoms with Gasteiger partial charge in [0.25, 0.3) is 0 Å². The zero-order valence-corrected chi connectivity index (χ0v) is 11.0. The van der Waals surface area contributed by atoms with E-state index in [4.69, 9.17) is 0 Å². The van der Waals surface area contributed by atoms with E-state index in [1.807, 2.05) is 0 Å². The summed E-state index contributed by atoms with van der Waals surface area (Å²) in [4.78, 5) is 5.54. The normalized spacial score (nSPS) is 37.4. The highest BCUT2D eigenvalue weighted by Gasteiger charge is 2.33. The van der Waals surface area contributed by atoms with E-state index in [1.165, 1.54) is 77.8 Å². The van der Waals surface area contributed by atoms with Crippen LogP contribution in [0.4, 0.5) is 0 Å². The van der Waals surface area contributed by atoms with Crippen LogP contribution in [0.2, 0.25) is 0 Å². The number of rotatable bonds is 1. The zero-order valence-electron chi connectivity index (χ0n) is 11.0. The largest absolute Gasteiger partial charge is 0.317 e. The first kappa shape index (κ1) is 11.9. The molecule has 0 radical (unpaired) electrons. The highest BCUT2D eigenvalue weighted by Crippen LogP contribution is 2.29. The third-order valence-electron chi connectivity index (χ3n) is 4.91. The van der Waals surface area contributed by atoms with Gasteiger partial charge in [-0.3, -0.25) is 0 Å². The molecule has 1 N–H and O–H groups in total. The minimum Gasteiger partial charge on any atom is -0.317 e. The summed E-state index contributed by atoms with van der Waals surface area (Å²) in [5, 5.41) is 3.51. The van der Waals surface area contributed by atoms with E-state index in [9.17, 15) is 0 Å². The predicted molar refractivity (Wildman–Crippen MR) is 71.3 cm³/mol. The minimum absolute atomic E-state index is 0.896. The molecule has 3 aliphatic rings. The van der Waals surface area contributed by atoms with E-state index in [-0.39, 0.29) is 0 Å². The summed E-state index contributed by atoms with van der Waals surface area (Å²) >= 11 is 0. The summed E-state index contributed by atoms with van der Waals surface area (Å²) in [6, 6.07) is 1.82. The zero-order chi connectivity index (χ0) is 11.5. The van der Waals surface area contributed by atoms with Gasteiger partial charge in [-0.2, -0.15) is 0 Å². The van der Waals surface area contributed by atoms with E-state index in [2.05, 4.69) is 15.1 Å². The van der Waals surface area contributed by atoms with Crippen LogP contribution in [-0.4, -0.2) is 61.2 Å². The van der Waals surface area contributed by atoms with E-state index < -0.39 is 0 Å². The van der Waals surface area contributed by atoms with Crippen molar-refractivity contribution < 1.29 is 0 Å². The summed E-state index contributed by atoms with van der Waals surface area (Å²) in [6.07, 6.45) is 8.46. The second-order valence-electron chi connectivity index (χ2n) is 6.00. The molecule has 3 aliphatic heterocycles. The van der Waals surface area contributed by atoms with Crippen molar-refractivity contribution in [2.45, 2.75) is 50.6 Å². The minimum atomic E-state index is 0.896. The standard InChI is InChI=1S/C14H27N3/c1-4-13-12-14(5-11-17(13)8-1)16-9-2-6-15-7-3-10-16/h13-15H,1-12H2. The Morgan fingerprint density at radius 1 is 0.706 bits per heavy atom. The Balaban J connectivity index is 1.55. The molecule has 3 nitrogen and oxygen atoms in total. The van der Waals surface area contributed by atoms with Gasteiger partial charge in [0.15, 0.2) is 0 Å². The maximum Gasteiger partial charge on any atom is 0.0122 e. The van der Waals surface area contributed by atoms with Crippen molar-refractivity contribution in [3.8, 4) is 0 Å². The highest BCUT2D eigenvalue weighted by atomic mass is 15.2. The monoisotopic (exact) mass is 237 g/mol. The lowest BCUT2D eigenvalue weighted by Gasteiger charge is -2.41. The second-order valence-corrected chi connectivity index (χ2v) is 6.00. The van der Waals surface area contributed by atoms with E-state index in [0.29, 0.717) is 0 Å². The number of piperidine rings is 1. The number of hydrogen-bond acceptors (Lipinski definition) is 3. The van der Waals surface area contributed by atoms with Crippen LogP contribution in [0.3, 0.4) is 0 Å². The number of nitrogens with zero attached hydrogens (tertiary/aromatic N) is 2. The summed E-state index contributed by atoms with van der Waals surface area (Å²) in [7, 11) is 0. The molecule has 3 heteroatoms. The SMILES string of the molecule is C1CNCCCN(C2CCN3CCCC3C2)C1. The first-order valence-electron chi connectivity index (χ1n) is 7.62. The van der Waals surface area contributed by atoms with Crippen LogP contribution in [0.15, 0.2) is 0 Å². The average Bonchev–Trinajstić information content (AvgIpc) is 2.75. The molecule has 0 spiro atoms. The average molecular weight is 237 g/mol. The summed E-state index contributed by atoms with van der Waals surface area (Å²) < 4.78 is 0. The van der Waals surface area contributed by atoms with Crippen molar-refractivity contribution in [3.63, 3.8) is 0 Å². The molecule has 0 bridgehead atoms. The maximum atomic E-state index is 3.51. The molecule has 0 saturated carbocycles. The first-order valence-corrected chi connectivity index (χ1v) is 7.62. The summed E-state index contributed by atoms with van der Waals surface area (Å²) in [5.41, 5.74) is 0. The fourth-order valence-corrected chi connectivity index (χ4v) is 3.95. The van der Waals surface area contributed by atoms with Crippen molar-refractivity contribution in [2.75, 3.05) is 39.3 Å². The van der Waals surface area contributed by atoms with Crippen LogP contribution in [0, 0.1) is 0 Å². The van der Waals surface area contributed by atoms with E-state index in [0.717, 1.165) is 12.1 Å². The van der Waals surface area contributed by atoms with Crippen molar-refractivity contribution in [2.24, 2.45) is 0 Å². The molecule has 3 rings (SSSR count). The summed E-state index contributed by atoms with van der Waals surface area (Å²) in [5.74, 6) is 0. The molecule has 2 unspecified atom stereocenters. The van der Waals surface area contributed by atoms with Crippen LogP contribution in [0.5, 0.6) is 0 Å². The van der Waals surface area contributed by atoms with Gasteiger partial charge in [-0.15, -0.1) is 0 Å². The van der Waals surface area contributed by atoms with Gasteiger partial charge >= 0.3 is 0 Å². The fraction of sp³-hybridized carbons (Fsp3) is 1.00. The lowest BCUT2D eigenvalue weighted by Crippen LogP contribution is -2.49. The maximum absolute atomic E-state index is 3.51. The lowest BCUT2D eigenvalue weighted by atomic mass is 9.95. The van der Waals surface area contributed by atoms with Gasteiger partial charge in [0.2, 0.25) is 0 Å². The van der Waals surface area contributed by atoms with Crippen LogP contribution < -0.4 is 5.32 Å². The molecule has 0 aliphatic carbocycles. The van der Waals surface area contributed by atoms with Gasteiger partial charge in [0, 0.05) is 12.1 Å². The molecule has 17 heavy (non-hydrogen) atoms. The molecule has 0 amide bonds. The third-order valence-corrected chi connectivity index (χ3v) is 4.91. The first-order chi connectivity index (χ1) is 8.43. The Kier molecular flexibility index (Phi) is 3.99. The lowest BCUT2D eigenvalue weighted by molar-refractivity contribution is 0.0830. The van der Waals surface area contributed by atoms with E-state index >= 15 is 0 Å². The molecule has 0 aromatic rings. The number of nitrogens with one attached hydrogen (secondary N) is 1. The molecule has 0 aromatic carbocycles. The quantitative estimate of drug-likeness (QED) is 0.741. The van der Waals surface area contributed by atoms with Crippen LogP contribution >= 0.6 is 0 Å².